The molecule has 19 heavy (non-hydrogen) atoms. The monoisotopic (exact) mass is 263 g/mol. The van der Waals surface area contributed by atoms with Crippen LogP contribution in [0.25, 0.3) is 0 Å². The van der Waals surface area contributed by atoms with Gasteiger partial charge in [-0.2, -0.15) is 5.10 Å². The third-order valence-electron chi connectivity index (χ3n) is 3.76. The molecule has 1 aromatic heterocycles. The molecule has 0 aliphatic heterocycles. The van der Waals surface area contributed by atoms with Crippen molar-refractivity contribution in [2.24, 2.45) is 0 Å². The highest BCUT2D eigenvalue weighted by atomic mass is 16.4. The Balaban J connectivity index is 2.38. The van der Waals surface area contributed by atoms with Crippen molar-refractivity contribution in [3.8, 4) is 0 Å². The van der Waals surface area contributed by atoms with Gasteiger partial charge in [0.25, 0.3) is 0 Å². The summed E-state index contributed by atoms with van der Waals surface area (Å²) in [4.78, 5) is 11.5. The van der Waals surface area contributed by atoms with Gasteiger partial charge in [0, 0.05) is 6.04 Å². The highest BCUT2D eigenvalue weighted by Gasteiger charge is 2.23. The summed E-state index contributed by atoms with van der Waals surface area (Å²) in [6.45, 7) is 3.93. The van der Waals surface area contributed by atoms with Gasteiger partial charge in [0.15, 0.2) is 5.82 Å². The lowest BCUT2D eigenvalue weighted by Crippen LogP contribution is -2.21. The number of aromatic nitrogens is 2. The molecule has 1 saturated carbocycles. The first-order valence-corrected chi connectivity index (χ1v) is 7.05. The van der Waals surface area contributed by atoms with E-state index in [2.05, 4.69) is 15.5 Å². The molecule has 0 bridgehead atoms. The zero-order valence-electron chi connectivity index (χ0n) is 11.6. The maximum absolute atomic E-state index is 11.5. The lowest BCUT2D eigenvalue weighted by atomic mass is 10.0. The Hall–Kier alpha value is -1.65. The number of hydrogen-bond acceptors (Lipinski definition) is 4. The molecule has 0 unspecified atom stereocenters. The number of hydrogen-bond donors (Lipinski definition) is 2. The smallest absolute Gasteiger partial charge is 0.339 e. The van der Waals surface area contributed by atoms with E-state index < -0.39 is 5.97 Å². The summed E-state index contributed by atoms with van der Waals surface area (Å²) < 4.78 is 0. The average Bonchev–Trinajstić information content (AvgIpc) is 2.90. The molecular formula is C14H21N3O2. The summed E-state index contributed by atoms with van der Waals surface area (Å²) in [6, 6.07) is 0.338. The number of nitrogens with zero attached hydrogens (tertiary/aromatic N) is 2. The minimum absolute atomic E-state index is 0.307. The van der Waals surface area contributed by atoms with Gasteiger partial charge >= 0.3 is 5.97 Å². The fraction of sp³-hybridized carbons (Fsp3) is 0.643. The SMILES string of the molecule is CCc1nnc(NC2CCCC2)c(C(=O)O)c1CC. The number of aromatic carboxylic acids is 1. The number of carboxylic acid groups (broad SMARTS) is 1. The molecule has 0 spiro atoms. The average molecular weight is 263 g/mol. The van der Waals surface area contributed by atoms with Crippen molar-refractivity contribution in [1.29, 1.82) is 0 Å². The minimum Gasteiger partial charge on any atom is -0.478 e. The summed E-state index contributed by atoms with van der Waals surface area (Å²) in [7, 11) is 0. The van der Waals surface area contributed by atoms with Crippen molar-refractivity contribution in [1.82, 2.24) is 10.2 Å². The van der Waals surface area contributed by atoms with Crippen molar-refractivity contribution >= 4 is 11.8 Å². The number of carbonyl (C=O) groups is 1. The van der Waals surface area contributed by atoms with Gasteiger partial charge in [-0.25, -0.2) is 4.79 Å². The van der Waals surface area contributed by atoms with Crippen molar-refractivity contribution in [3.63, 3.8) is 0 Å². The Kier molecular flexibility index (Phi) is 4.35. The molecular weight excluding hydrogens is 242 g/mol. The molecule has 5 nitrogen and oxygen atoms in total. The van der Waals surface area contributed by atoms with E-state index >= 15 is 0 Å². The minimum atomic E-state index is -0.915. The summed E-state index contributed by atoms with van der Waals surface area (Å²) in [5, 5.41) is 21.0. The molecule has 0 aromatic carbocycles. The third-order valence-corrected chi connectivity index (χ3v) is 3.76. The first-order valence-electron chi connectivity index (χ1n) is 7.05. The van der Waals surface area contributed by atoms with Crippen LogP contribution >= 0.6 is 0 Å². The van der Waals surface area contributed by atoms with E-state index in [1.165, 1.54) is 12.8 Å². The molecule has 0 atom stereocenters. The highest BCUT2D eigenvalue weighted by Crippen LogP contribution is 2.26. The molecule has 0 radical (unpaired) electrons. The van der Waals surface area contributed by atoms with E-state index in [-0.39, 0.29) is 0 Å². The largest absolute Gasteiger partial charge is 0.478 e. The number of rotatable bonds is 5. The molecule has 1 aliphatic carbocycles. The van der Waals surface area contributed by atoms with E-state index in [1.807, 2.05) is 13.8 Å². The topological polar surface area (TPSA) is 75.1 Å². The summed E-state index contributed by atoms with van der Waals surface area (Å²) in [6.07, 6.45) is 5.93. The van der Waals surface area contributed by atoms with Crippen LogP contribution in [0.3, 0.4) is 0 Å². The van der Waals surface area contributed by atoms with Crippen LogP contribution < -0.4 is 5.32 Å². The van der Waals surface area contributed by atoms with Crippen LogP contribution in [0.2, 0.25) is 0 Å². The Morgan fingerprint density at radius 1 is 1.26 bits per heavy atom. The fourth-order valence-electron chi connectivity index (χ4n) is 2.77. The first kappa shape index (κ1) is 13.8. The summed E-state index contributed by atoms with van der Waals surface area (Å²) >= 11 is 0. The standard InChI is InChI=1S/C14H21N3O2/c1-3-10-11(4-2)16-17-13(12(10)14(18)19)15-9-7-5-6-8-9/h9H,3-8H2,1-2H3,(H,15,17)(H,18,19). The third kappa shape index (κ3) is 2.85. The fourth-order valence-corrected chi connectivity index (χ4v) is 2.77. The normalized spacial score (nSPS) is 15.7. The summed E-state index contributed by atoms with van der Waals surface area (Å²) in [5.41, 5.74) is 1.91. The van der Waals surface area contributed by atoms with Gasteiger partial charge in [0.05, 0.1) is 5.69 Å². The van der Waals surface area contributed by atoms with E-state index in [1.54, 1.807) is 0 Å². The van der Waals surface area contributed by atoms with E-state index in [4.69, 9.17) is 0 Å². The Labute approximate surface area is 113 Å². The molecule has 5 heteroatoms. The van der Waals surface area contributed by atoms with Crippen molar-refractivity contribution in [3.05, 3.63) is 16.8 Å². The quantitative estimate of drug-likeness (QED) is 0.854. The maximum atomic E-state index is 11.5. The van der Waals surface area contributed by atoms with Crippen molar-refractivity contribution in [2.75, 3.05) is 5.32 Å². The van der Waals surface area contributed by atoms with Crippen LogP contribution in [0, 0.1) is 0 Å². The Bertz CT molecular complexity index is 468. The van der Waals surface area contributed by atoms with E-state index in [9.17, 15) is 9.90 Å². The number of aryl methyl sites for hydroxylation is 1. The van der Waals surface area contributed by atoms with E-state index in [0.717, 1.165) is 24.1 Å². The number of anilines is 1. The molecule has 2 rings (SSSR count). The Morgan fingerprint density at radius 2 is 1.95 bits per heavy atom. The van der Waals surface area contributed by atoms with E-state index in [0.29, 0.717) is 30.3 Å². The van der Waals surface area contributed by atoms with Crippen LogP contribution in [0.4, 0.5) is 5.82 Å². The second-order valence-electron chi connectivity index (χ2n) is 4.99. The molecule has 0 amide bonds. The first-order chi connectivity index (χ1) is 9.17. The van der Waals surface area contributed by atoms with Crippen LogP contribution in [0.5, 0.6) is 0 Å². The maximum Gasteiger partial charge on any atom is 0.339 e. The van der Waals surface area contributed by atoms with Gasteiger partial charge < -0.3 is 10.4 Å². The number of nitrogens with one attached hydrogen (secondary N) is 1. The lowest BCUT2D eigenvalue weighted by molar-refractivity contribution is 0.0696. The van der Waals surface area contributed by atoms with Gasteiger partial charge in [-0.15, -0.1) is 5.10 Å². The zero-order valence-corrected chi connectivity index (χ0v) is 11.6. The van der Waals surface area contributed by atoms with Gasteiger partial charge in [0.2, 0.25) is 0 Å². The van der Waals surface area contributed by atoms with Gasteiger partial charge in [0.1, 0.15) is 5.56 Å². The van der Waals surface area contributed by atoms with Crippen LogP contribution in [-0.2, 0) is 12.8 Å². The van der Waals surface area contributed by atoms with Gasteiger partial charge in [-0.05, 0) is 31.2 Å². The molecule has 1 fully saturated rings. The van der Waals surface area contributed by atoms with Crippen LogP contribution in [0.1, 0.15) is 61.1 Å². The molecule has 1 heterocycles. The lowest BCUT2D eigenvalue weighted by Gasteiger charge is -2.17. The van der Waals surface area contributed by atoms with Crippen molar-refractivity contribution in [2.45, 2.75) is 58.4 Å². The predicted molar refractivity (Wildman–Crippen MR) is 73.6 cm³/mol. The van der Waals surface area contributed by atoms with Crippen molar-refractivity contribution < 1.29 is 9.90 Å². The molecule has 1 aromatic rings. The van der Waals surface area contributed by atoms with Crippen LogP contribution in [-0.4, -0.2) is 27.3 Å². The second-order valence-corrected chi connectivity index (χ2v) is 4.99. The number of carboxylic acids is 1. The highest BCUT2D eigenvalue weighted by molar-refractivity contribution is 5.95. The Morgan fingerprint density at radius 3 is 2.47 bits per heavy atom. The predicted octanol–water partition coefficient (Wildman–Crippen LogP) is 2.65. The zero-order chi connectivity index (χ0) is 13.8. The van der Waals surface area contributed by atoms with Crippen LogP contribution in [0.15, 0.2) is 0 Å². The summed E-state index contributed by atoms with van der Waals surface area (Å²) in [5.74, 6) is -0.476. The molecule has 0 saturated heterocycles. The second kappa shape index (κ2) is 5.99. The molecule has 104 valence electrons. The van der Waals surface area contributed by atoms with Gasteiger partial charge in [-0.3, -0.25) is 0 Å². The molecule has 2 N–H and O–H groups in total. The van der Waals surface area contributed by atoms with Gasteiger partial charge in [-0.1, -0.05) is 26.7 Å². The molecule has 1 aliphatic rings.